The van der Waals surface area contributed by atoms with E-state index in [9.17, 15) is 8.78 Å². The topological polar surface area (TPSA) is 18.5 Å². The zero-order chi connectivity index (χ0) is 19.5. The van der Waals surface area contributed by atoms with Crippen LogP contribution in [0, 0.1) is 35.3 Å². The number of methoxy groups -OCH3 is 1. The van der Waals surface area contributed by atoms with Crippen molar-refractivity contribution in [3.05, 3.63) is 35.4 Å². The van der Waals surface area contributed by atoms with Gasteiger partial charge >= 0.3 is 0 Å². The summed E-state index contributed by atoms with van der Waals surface area (Å²) in [7, 11) is 1.32. The van der Waals surface area contributed by atoms with Gasteiger partial charge in [0.1, 0.15) is 6.61 Å². The van der Waals surface area contributed by atoms with Gasteiger partial charge in [0.25, 0.3) is 0 Å². The number of benzene rings is 1. The van der Waals surface area contributed by atoms with Crippen molar-refractivity contribution in [1.29, 1.82) is 0 Å². The molecule has 28 heavy (non-hydrogen) atoms. The van der Waals surface area contributed by atoms with Gasteiger partial charge in [0.2, 0.25) is 11.6 Å². The smallest absolute Gasteiger partial charge is 0.204 e. The number of halogens is 2. The number of allylic oxidation sites excluding steroid dienone is 1. The van der Waals surface area contributed by atoms with E-state index in [4.69, 9.17) is 9.47 Å². The maximum absolute atomic E-state index is 14.0. The Morgan fingerprint density at radius 1 is 0.821 bits per heavy atom. The average molecular weight is 391 g/mol. The van der Waals surface area contributed by atoms with Gasteiger partial charge in [0, 0.05) is 0 Å². The number of ether oxygens (including phenoxy) is 2. The number of hydrogen-bond acceptors (Lipinski definition) is 2. The monoisotopic (exact) mass is 390 g/mol. The third-order valence-electron chi connectivity index (χ3n) is 7.49. The molecule has 154 valence electrons. The van der Waals surface area contributed by atoms with Crippen LogP contribution in [0.1, 0.15) is 64.2 Å². The normalized spacial score (nSPS) is 28.4. The molecule has 1 aromatic rings. The molecule has 0 saturated heterocycles. The van der Waals surface area contributed by atoms with Crippen molar-refractivity contribution in [3.63, 3.8) is 0 Å². The van der Waals surface area contributed by atoms with Gasteiger partial charge in [-0.1, -0.05) is 25.3 Å². The van der Waals surface area contributed by atoms with E-state index in [0.29, 0.717) is 6.61 Å². The Balaban J connectivity index is 1.25. The summed E-state index contributed by atoms with van der Waals surface area (Å²) in [4.78, 5) is 0. The van der Waals surface area contributed by atoms with Gasteiger partial charge in [0.05, 0.1) is 7.11 Å². The van der Waals surface area contributed by atoms with E-state index in [1.807, 2.05) is 0 Å². The Hall–Kier alpha value is -1.58. The molecule has 4 heteroatoms. The van der Waals surface area contributed by atoms with E-state index in [1.54, 1.807) is 0 Å². The third kappa shape index (κ3) is 4.21. The van der Waals surface area contributed by atoms with Crippen LogP contribution in [-0.2, 0) is 0 Å². The first-order valence-corrected chi connectivity index (χ1v) is 11.0. The third-order valence-corrected chi connectivity index (χ3v) is 7.49. The van der Waals surface area contributed by atoms with Crippen molar-refractivity contribution < 1.29 is 18.3 Å². The second-order valence-electron chi connectivity index (χ2n) is 8.95. The Kier molecular flexibility index (Phi) is 6.22. The maximum Gasteiger partial charge on any atom is 0.204 e. The van der Waals surface area contributed by atoms with Gasteiger partial charge in [-0.15, -0.1) is 0 Å². The van der Waals surface area contributed by atoms with Crippen LogP contribution in [0.2, 0.25) is 0 Å². The van der Waals surface area contributed by atoms with Crippen molar-refractivity contribution in [1.82, 2.24) is 0 Å². The van der Waals surface area contributed by atoms with Crippen LogP contribution in [0.3, 0.4) is 0 Å². The number of hydrogen-bond donors (Lipinski definition) is 0. The van der Waals surface area contributed by atoms with E-state index in [0.717, 1.165) is 36.5 Å². The van der Waals surface area contributed by atoms with E-state index in [2.05, 4.69) is 6.08 Å². The zero-order valence-electron chi connectivity index (χ0n) is 16.9. The van der Waals surface area contributed by atoms with Crippen molar-refractivity contribution >= 4 is 0 Å². The highest BCUT2D eigenvalue weighted by Crippen LogP contribution is 2.45. The molecule has 0 aromatic heterocycles. The van der Waals surface area contributed by atoms with E-state index in [1.165, 1.54) is 76.2 Å². The summed E-state index contributed by atoms with van der Waals surface area (Å²) in [5, 5.41) is 0. The van der Waals surface area contributed by atoms with Gasteiger partial charge in [-0.2, -0.15) is 8.78 Å². The second kappa shape index (κ2) is 8.84. The van der Waals surface area contributed by atoms with Crippen LogP contribution >= 0.6 is 0 Å². The molecule has 1 atom stereocenters. The molecule has 2 saturated carbocycles. The second-order valence-corrected chi connectivity index (χ2v) is 8.95. The highest BCUT2D eigenvalue weighted by molar-refractivity contribution is 5.35. The van der Waals surface area contributed by atoms with Crippen LogP contribution in [0.15, 0.2) is 23.8 Å². The highest BCUT2D eigenvalue weighted by Gasteiger charge is 2.33. The lowest BCUT2D eigenvalue weighted by Gasteiger charge is -2.41. The molecule has 0 aliphatic heterocycles. The van der Waals surface area contributed by atoms with Crippen LogP contribution in [0.25, 0.3) is 0 Å². The Bertz CT molecular complexity index is 703. The maximum atomic E-state index is 14.0. The first-order valence-electron chi connectivity index (χ1n) is 11.0. The van der Waals surface area contributed by atoms with Crippen LogP contribution in [-0.4, -0.2) is 13.7 Å². The van der Waals surface area contributed by atoms with Gasteiger partial charge in [-0.05, 0) is 86.3 Å². The molecule has 0 heterocycles. The molecule has 0 bridgehead atoms. The largest absolute Gasteiger partial charge is 0.494 e. The minimum atomic E-state index is -0.991. The fraction of sp³-hybridized carbons (Fsp3) is 0.667. The van der Waals surface area contributed by atoms with Gasteiger partial charge < -0.3 is 9.47 Å². The summed E-state index contributed by atoms with van der Waals surface area (Å²) < 4.78 is 38.2. The number of rotatable bonds is 6. The standard InChI is InChI=1S/C24H32F2O2/c1-27-21-13-14-22(24(26)23(21)25)28-15-16-5-7-18(8-6-16)20-11-9-19(10-12-20)17-3-2-4-17/h5,13-14,17-20H,2-4,6-12,15H2,1H3. The Morgan fingerprint density at radius 3 is 2.00 bits per heavy atom. The van der Waals surface area contributed by atoms with E-state index in [-0.39, 0.29) is 11.5 Å². The van der Waals surface area contributed by atoms with E-state index < -0.39 is 11.6 Å². The lowest BCUT2D eigenvalue weighted by atomic mass is 9.65. The molecule has 1 aromatic carbocycles. The van der Waals surface area contributed by atoms with Crippen LogP contribution in [0.5, 0.6) is 11.5 Å². The average Bonchev–Trinajstić information content (AvgIpc) is 2.69. The minimum absolute atomic E-state index is 0.0457. The summed E-state index contributed by atoms with van der Waals surface area (Å²) in [5.41, 5.74) is 1.20. The molecule has 3 aliphatic carbocycles. The van der Waals surface area contributed by atoms with Crippen LogP contribution in [0.4, 0.5) is 8.78 Å². The molecular formula is C24H32F2O2. The molecule has 4 rings (SSSR count). The predicted molar refractivity (Wildman–Crippen MR) is 107 cm³/mol. The first kappa shape index (κ1) is 19.7. The van der Waals surface area contributed by atoms with Crippen molar-refractivity contribution in [2.75, 3.05) is 13.7 Å². The molecule has 2 nitrogen and oxygen atoms in total. The summed E-state index contributed by atoms with van der Waals surface area (Å²) in [5.74, 6) is 1.61. The summed E-state index contributed by atoms with van der Waals surface area (Å²) in [6, 6.07) is 2.84. The zero-order valence-corrected chi connectivity index (χ0v) is 16.9. The molecule has 0 amide bonds. The van der Waals surface area contributed by atoms with Gasteiger partial charge in [-0.3, -0.25) is 0 Å². The van der Waals surface area contributed by atoms with Crippen molar-refractivity contribution in [2.24, 2.45) is 23.7 Å². The molecule has 3 aliphatic rings. The molecule has 2 fully saturated rings. The van der Waals surface area contributed by atoms with Crippen LogP contribution < -0.4 is 9.47 Å². The first-order chi connectivity index (χ1) is 13.7. The quantitative estimate of drug-likeness (QED) is 0.504. The molecule has 1 unspecified atom stereocenters. The van der Waals surface area contributed by atoms with E-state index >= 15 is 0 Å². The highest BCUT2D eigenvalue weighted by atomic mass is 19.2. The summed E-state index contributed by atoms with van der Waals surface area (Å²) >= 11 is 0. The van der Waals surface area contributed by atoms with Crippen molar-refractivity contribution in [2.45, 2.75) is 64.2 Å². The fourth-order valence-corrected chi connectivity index (χ4v) is 5.42. The molecule has 0 N–H and O–H groups in total. The summed E-state index contributed by atoms with van der Waals surface area (Å²) in [6.45, 7) is 0.337. The SMILES string of the molecule is COc1ccc(OCC2=CCC(C3CCC(C4CCC4)CC3)CC2)c(F)c1F. The lowest BCUT2D eigenvalue weighted by molar-refractivity contribution is 0.114. The Morgan fingerprint density at radius 2 is 1.43 bits per heavy atom. The molecule has 0 spiro atoms. The lowest BCUT2D eigenvalue weighted by Crippen LogP contribution is -2.29. The van der Waals surface area contributed by atoms with Gasteiger partial charge in [0.15, 0.2) is 11.5 Å². The summed E-state index contributed by atoms with van der Waals surface area (Å²) in [6.07, 6.45) is 15.7. The van der Waals surface area contributed by atoms with Gasteiger partial charge in [-0.25, -0.2) is 0 Å². The minimum Gasteiger partial charge on any atom is -0.494 e. The molecular weight excluding hydrogens is 358 g/mol. The molecule has 0 radical (unpaired) electrons. The Labute approximate surface area is 167 Å². The fourth-order valence-electron chi connectivity index (χ4n) is 5.42. The predicted octanol–water partition coefficient (Wildman–Crippen LogP) is 6.69. The van der Waals surface area contributed by atoms with Crippen molar-refractivity contribution in [3.8, 4) is 11.5 Å².